The van der Waals surface area contributed by atoms with Crippen molar-refractivity contribution in [2.75, 3.05) is 5.75 Å². The summed E-state index contributed by atoms with van der Waals surface area (Å²) in [6, 6.07) is 13.4. The fourth-order valence-electron chi connectivity index (χ4n) is 4.07. The van der Waals surface area contributed by atoms with E-state index in [0.717, 1.165) is 36.1 Å². The lowest BCUT2D eigenvalue weighted by Gasteiger charge is -2.13. The molecule has 1 aliphatic rings. The largest absolute Gasteiger partial charge is 0.508 e. The van der Waals surface area contributed by atoms with Gasteiger partial charge in [-0.1, -0.05) is 30.0 Å². The first kappa shape index (κ1) is 23.1. The molecule has 0 spiro atoms. The van der Waals surface area contributed by atoms with Gasteiger partial charge >= 0.3 is 0 Å². The molecule has 0 bridgehead atoms. The summed E-state index contributed by atoms with van der Waals surface area (Å²) in [4.78, 5) is 32.9. The molecular formula is C25H22N4O4S2. The molecule has 1 amide bonds. The molecule has 35 heavy (non-hydrogen) atoms. The summed E-state index contributed by atoms with van der Waals surface area (Å²) in [6.07, 6.45) is 5.35. The number of fused-ring (bicyclic) bond motifs is 3. The Kier molecular flexibility index (Phi) is 6.56. The van der Waals surface area contributed by atoms with Crippen molar-refractivity contribution >= 4 is 45.4 Å². The number of phenols is 2. The molecule has 2 aromatic heterocycles. The monoisotopic (exact) mass is 506 g/mol. The van der Waals surface area contributed by atoms with E-state index in [1.54, 1.807) is 15.9 Å². The van der Waals surface area contributed by atoms with E-state index in [0.29, 0.717) is 21.8 Å². The van der Waals surface area contributed by atoms with Gasteiger partial charge in [0.25, 0.3) is 11.5 Å². The Bertz CT molecular complexity index is 1500. The molecule has 178 valence electrons. The van der Waals surface area contributed by atoms with Gasteiger partial charge < -0.3 is 10.2 Å². The lowest BCUT2D eigenvalue weighted by molar-refractivity contribution is -0.118. The fourth-order valence-corrected chi connectivity index (χ4v) is 6.17. The number of benzene rings is 2. The topological polar surface area (TPSA) is 117 Å². The van der Waals surface area contributed by atoms with Crippen LogP contribution in [0.5, 0.6) is 11.5 Å². The van der Waals surface area contributed by atoms with Gasteiger partial charge in [0.05, 0.1) is 23.0 Å². The third kappa shape index (κ3) is 4.80. The fraction of sp³-hybridized carbons (Fsp3) is 0.200. The van der Waals surface area contributed by atoms with Gasteiger partial charge in [-0.2, -0.15) is 5.10 Å². The van der Waals surface area contributed by atoms with Crippen molar-refractivity contribution in [2.45, 2.75) is 30.8 Å². The lowest BCUT2D eigenvalue weighted by atomic mass is 9.97. The number of aromatic hydroxyl groups is 2. The highest BCUT2D eigenvalue weighted by atomic mass is 32.2. The Labute approximate surface area is 209 Å². The number of phenolic OH excluding ortho intramolecular Hbond substituents is 2. The van der Waals surface area contributed by atoms with Crippen molar-refractivity contribution in [1.29, 1.82) is 0 Å². The first-order valence-corrected chi connectivity index (χ1v) is 12.9. The van der Waals surface area contributed by atoms with Gasteiger partial charge in [0.15, 0.2) is 5.16 Å². The Morgan fingerprint density at radius 2 is 1.97 bits per heavy atom. The van der Waals surface area contributed by atoms with Crippen molar-refractivity contribution in [3.8, 4) is 17.2 Å². The molecule has 1 aliphatic carbocycles. The molecule has 2 heterocycles. The molecule has 4 aromatic rings. The molecule has 0 atom stereocenters. The summed E-state index contributed by atoms with van der Waals surface area (Å²) in [6.45, 7) is 0. The number of hydrazone groups is 1. The number of hydrogen-bond donors (Lipinski definition) is 3. The van der Waals surface area contributed by atoms with E-state index in [4.69, 9.17) is 4.98 Å². The molecule has 0 saturated carbocycles. The van der Waals surface area contributed by atoms with Crippen molar-refractivity contribution in [3.63, 3.8) is 0 Å². The van der Waals surface area contributed by atoms with Gasteiger partial charge in [0.1, 0.15) is 16.3 Å². The van der Waals surface area contributed by atoms with Crippen molar-refractivity contribution < 1.29 is 15.0 Å². The number of thiophene rings is 1. The number of aromatic nitrogens is 2. The van der Waals surface area contributed by atoms with E-state index in [1.807, 2.05) is 30.3 Å². The third-order valence-electron chi connectivity index (χ3n) is 5.71. The van der Waals surface area contributed by atoms with Crippen LogP contribution in [0.3, 0.4) is 0 Å². The third-order valence-corrected chi connectivity index (χ3v) is 7.84. The van der Waals surface area contributed by atoms with E-state index in [2.05, 4.69) is 10.5 Å². The number of thioether (sulfide) groups is 1. The molecule has 10 heteroatoms. The average molecular weight is 507 g/mol. The van der Waals surface area contributed by atoms with Crippen LogP contribution < -0.4 is 11.0 Å². The maximum Gasteiger partial charge on any atom is 0.267 e. The number of carbonyl (C=O) groups is 1. The van der Waals surface area contributed by atoms with Gasteiger partial charge in [-0.3, -0.25) is 14.2 Å². The summed E-state index contributed by atoms with van der Waals surface area (Å²) in [5.74, 6) is -0.612. The van der Waals surface area contributed by atoms with Crippen molar-refractivity contribution in [3.05, 3.63) is 74.9 Å². The second-order valence-electron chi connectivity index (χ2n) is 8.09. The molecule has 8 nitrogen and oxygen atoms in total. The van der Waals surface area contributed by atoms with Crippen LogP contribution in [0.25, 0.3) is 15.9 Å². The van der Waals surface area contributed by atoms with Gasteiger partial charge in [0.2, 0.25) is 0 Å². The first-order chi connectivity index (χ1) is 17.0. The Balaban J connectivity index is 1.41. The average Bonchev–Trinajstić information content (AvgIpc) is 3.23. The Morgan fingerprint density at radius 1 is 1.17 bits per heavy atom. The number of rotatable bonds is 6. The first-order valence-electron chi connectivity index (χ1n) is 11.1. The van der Waals surface area contributed by atoms with Crippen LogP contribution in [0.2, 0.25) is 0 Å². The number of nitrogens with zero attached hydrogens (tertiary/aromatic N) is 3. The summed E-state index contributed by atoms with van der Waals surface area (Å²) in [7, 11) is 0. The Morgan fingerprint density at radius 3 is 2.77 bits per heavy atom. The number of carbonyl (C=O) groups excluding carboxylic acids is 1. The molecule has 0 fully saturated rings. The zero-order valence-corrected chi connectivity index (χ0v) is 20.2. The van der Waals surface area contributed by atoms with Crippen LogP contribution in [-0.4, -0.2) is 37.6 Å². The van der Waals surface area contributed by atoms with Crippen LogP contribution in [-0.2, 0) is 17.6 Å². The van der Waals surface area contributed by atoms with E-state index in [9.17, 15) is 19.8 Å². The number of hydrogen-bond acceptors (Lipinski definition) is 8. The van der Waals surface area contributed by atoms with Gasteiger partial charge in [-0.25, -0.2) is 10.4 Å². The van der Waals surface area contributed by atoms with E-state index in [-0.39, 0.29) is 28.7 Å². The molecular weight excluding hydrogens is 484 g/mol. The van der Waals surface area contributed by atoms with Crippen LogP contribution in [0, 0.1) is 0 Å². The second kappa shape index (κ2) is 9.93. The van der Waals surface area contributed by atoms with E-state index < -0.39 is 0 Å². The van der Waals surface area contributed by atoms with Gasteiger partial charge in [-0.05, 0) is 55.5 Å². The predicted molar refractivity (Wildman–Crippen MR) is 138 cm³/mol. The zero-order valence-electron chi connectivity index (χ0n) is 18.6. The minimum Gasteiger partial charge on any atom is -0.508 e. The number of aryl methyl sites for hydroxylation is 2. The lowest BCUT2D eigenvalue weighted by Crippen LogP contribution is -2.24. The quantitative estimate of drug-likeness (QED) is 0.158. The molecule has 2 aromatic carbocycles. The highest BCUT2D eigenvalue weighted by Gasteiger charge is 2.23. The molecule has 3 N–H and O–H groups in total. The van der Waals surface area contributed by atoms with Crippen LogP contribution >= 0.6 is 23.1 Å². The smallest absolute Gasteiger partial charge is 0.267 e. The SMILES string of the molecule is O=C(CSc1nc2sc3c(c2c(=O)n1-c1ccccc1)CCCC3)N/N=C\c1ccc(O)cc1O. The Hall–Kier alpha value is -3.63. The number of para-hydroxylation sites is 1. The minimum atomic E-state index is -0.385. The van der Waals surface area contributed by atoms with Crippen LogP contribution in [0.15, 0.2) is 63.6 Å². The molecule has 0 unspecified atom stereocenters. The molecule has 5 rings (SSSR count). The van der Waals surface area contributed by atoms with Gasteiger partial charge in [0, 0.05) is 16.5 Å². The van der Waals surface area contributed by atoms with E-state index >= 15 is 0 Å². The molecule has 0 aliphatic heterocycles. The van der Waals surface area contributed by atoms with E-state index in [1.165, 1.54) is 41.1 Å². The van der Waals surface area contributed by atoms with Crippen molar-refractivity contribution in [1.82, 2.24) is 15.0 Å². The maximum absolute atomic E-state index is 13.7. The summed E-state index contributed by atoms with van der Waals surface area (Å²) in [5, 5.41) is 24.2. The highest BCUT2D eigenvalue weighted by molar-refractivity contribution is 7.99. The summed E-state index contributed by atoms with van der Waals surface area (Å²) < 4.78 is 1.58. The zero-order chi connectivity index (χ0) is 24.4. The number of nitrogens with one attached hydrogen (secondary N) is 1. The van der Waals surface area contributed by atoms with Crippen LogP contribution in [0.1, 0.15) is 28.8 Å². The predicted octanol–water partition coefficient (Wildman–Crippen LogP) is 3.98. The van der Waals surface area contributed by atoms with Crippen molar-refractivity contribution in [2.24, 2.45) is 5.10 Å². The maximum atomic E-state index is 13.7. The van der Waals surface area contributed by atoms with Gasteiger partial charge in [-0.15, -0.1) is 11.3 Å². The normalized spacial score (nSPS) is 13.3. The minimum absolute atomic E-state index is 0.00519. The standard InChI is InChI=1S/C25H22N4O4S2/c30-17-11-10-15(19(31)12-17)13-26-28-21(32)14-34-25-27-23-22(18-8-4-5-9-20(18)35-23)24(33)29(25)16-6-2-1-3-7-16/h1-3,6-7,10-13,30-31H,4-5,8-9,14H2,(H,28,32)/b26-13-. The second-order valence-corrected chi connectivity index (χ2v) is 10.1. The number of amides is 1. The molecule has 0 radical (unpaired) electrons. The van der Waals surface area contributed by atoms with Crippen LogP contribution in [0.4, 0.5) is 0 Å². The molecule has 0 saturated heterocycles. The summed E-state index contributed by atoms with van der Waals surface area (Å²) in [5.41, 5.74) is 4.48. The summed E-state index contributed by atoms with van der Waals surface area (Å²) >= 11 is 2.74. The highest BCUT2D eigenvalue weighted by Crippen LogP contribution is 2.35.